The predicted octanol–water partition coefficient (Wildman–Crippen LogP) is 3.14. The zero-order chi connectivity index (χ0) is 16.0. The normalized spacial score (nSPS) is 8.48. The summed E-state index contributed by atoms with van der Waals surface area (Å²) in [5, 5.41) is 6.76. The Bertz CT molecular complexity index is 362. The van der Waals surface area contributed by atoms with Crippen molar-refractivity contribution in [3.63, 3.8) is 0 Å². The largest absolute Gasteiger partial charge is 0.998 e. The molecule has 0 aliphatic carbocycles. The number of hydrogen-bond acceptors (Lipinski definition) is 1. The minimum atomic E-state index is -0.861. The molecule has 2 aromatic carbocycles. The molecule has 1 N–H and O–H groups in total. The Hall–Kier alpha value is -0.873. The van der Waals surface area contributed by atoms with E-state index in [0.29, 0.717) is 6.47 Å². The molecule has 2 rings (SSSR count). The van der Waals surface area contributed by atoms with Crippen molar-refractivity contribution in [2.45, 2.75) is 33.5 Å². The minimum Gasteiger partial charge on any atom is -0.998 e. The minimum absolute atomic E-state index is 0. The third kappa shape index (κ3) is 32.6. The van der Waals surface area contributed by atoms with Crippen LogP contribution in [0.1, 0.15) is 11.1 Å². The molecule has 0 spiro atoms. The van der Waals surface area contributed by atoms with Crippen LogP contribution in [-0.2, 0) is 27.2 Å². The smallest absolute Gasteiger partial charge is 0 e. The molecule has 0 saturated carbocycles. The number of aryl methyl sites for hydroxylation is 2. The van der Waals surface area contributed by atoms with Gasteiger partial charge in [0.1, 0.15) is 0 Å². The summed E-state index contributed by atoms with van der Waals surface area (Å²) in [6, 6.07) is 21.6. The van der Waals surface area contributed by atoms with E-state index < -0.39 is 8.07 Å². The van der Waals surface area contributed by atoms with Gasteiger partial charge in [-0.15, -0.1) is 8.07 Å². The summed E-state index contributed by atoms with van der Waals surface area (Å²) < 4.78 is 0. The zero-order valence-corrected chi connectivity index (χ0v) is 16.2. The Morgan fingerprint density at radius 1 is 0.905 bits per heavy atom. The van der Waals surface area contributed by atoms with Crippen molar-refractivity contribution in [1.29, 1.82) is 0 Å². The summed E-state index contributed by atoms with van der Waals surface area (Å²) in [5.74, 6) is 0. The van der Waals surface area contributed by atoms with Crippen LogP contribution in [0.25, 0.3) is 0 Å². The van der Waals surface area contributed by atoms with Crippen molar-refractivity contribution >= 4 is 14.5 Å². The molecule has 0 fully saturated rings. The van der Waals surface area contributed by atoms with Gasteiger partial charge in [-0.2, -0.15) is 0 Å². The molecule has 0 heterocycles. The maximum atomic E-state index is 8.24. The SMILES string of the molecule is C[c-]1[c-][c-][c-][c-]1.C[c-]1[c-][c-][c-][c-]1.O=[C-]O.[CH2-][Si](C)(C)C.[Nb]. The average molecular weight is 375 g/mol. The van der Waals surface area contributed by atoms with Crippen LogP contribution in [-0.4, -0.2) is 19.7 Å². The fourth-order valence-corrected chi connectivity index (χ4v) is 0.562. The van der Waals surface area contributed by atoms with E-state index >= 15 is 0 Å². The van der Waals surface area contributed by atoms with Gasteiger partial charge in [-0.3, -0.25) is 0 Å². The van der Waals surface area contributed by atoms with Crippen LogP contribution in [0, 0.1) is 68.9 Å². The van der Waals surface area contributed by atoms with Crippen LogP contribution < -0.4 is 0 Å². The van der Waals surface area contributed by atoms with Crippen LogP contribution >= 0.6 is 0 Å². The van der Waals surface area contributed by atoms with Gasteiger partial charge in [0.15, 0.2) is 0 Å². The van der Waals surface area contributed by atoms with Gasteiger partial charge in [0.2, 0.25) is 0 Å². The van der Waals surface area contributed by atoms with Gasteiger partial charge < -0.3 is 76.1 Å². The monoisotopic (exact) mass is 375 g/mol. The molecule has 21 heavy (non-hydrogen) atoms. The van der Waals surface area contributed by atoms with E-state index in [0.717, 1.165) is 11.1 Å². The molecule has 0 unspecified atom stereocenters. The average Bonchev–Trinajstić information content (AvgIpc) is 2.91. The van der Waals surface area contributed by atoms with Crippen LogP contribution in [0.3, 0.4) is 0 Å². The zero-order valence-electron chi connectivity index (χ0n) is 13.0. The fraction of sp³-hybridized carbons (Fsp3) is 0.294. The second-order valence-corrected chi connectivity index (χ2v) is 10.0. The van der Waals surface area contributed by atoms with E-state index in [1.807, 2.05) is 13.8 Å². The molecular weight excluding hydrogens is 357 g/mol. The van der Waals surface area contributed by atoms with E-state index in [4.69, 9.17) is 9.90 Å². The molecule has 0 saturated heterocycles. The van der Waals surface area contributed by atoms with Crippen molar-refractivity contribution in [2.75, 3.05) is 0 Å². The van der Waals surface area contributed by atoms with Gasteiger partial charge in [0.05, 0.1) is 0 Å². The van der Waals surface area contributed by atoms with Gasteiger partial charge in [-0.25, -0.2) is 13.8 Å². The number of hydrogen-bond donors (Lipinski definition) is 1. The second-order valence-electron chi connectivity index (χ2n) is 4.90. The van der Waals surface area contributed by atoms with Gasteiger partial charge in [0, 0.05) is 22.4 Å². The Labute approximate surface area is 146 Å². The Morgan fingerprint density at radius 2 is 1.05 bits per heavy atom. The van der Waals surface area contributed by atoms with E-state index in [2.05, 4.69) is 74.7 Å². The first-order valence-electron chi connectivity index (χ1n) is 5.78. The van der Waals surface area contributed by atoms with Gasteiger partial charge >= 0.3 is 0 Å². The van der Waals surface area contributed by atoms with Crippen LogP contribution in [0.5, 0.6) is 0 Å². The molecule has 0 atom stereocenters. The first-order chi connectivity index (χ1) is 9.20. The van der Waals surface area contributed by atoms with Crippen molar-refractivity contribution < 1.29 is 32.3 Å². The van der Waals surface area contributed by atoms with Crippen molar-refractivity contribution in [2.24, 2.45) is 0 Å². The summed E-state index contributed by atoms with van der Waals surface area (Å²) in [5.41, 5.74) is 1.96. The molecule has 0 aromatic heterocycles. The molecule has 0 aliphatic rings. The molecule has 0 aliphatic heterocycles. The molecule has 0 amide bonds. The van der Waals surface area contributed by atoms with Gasteiger partial charge in [-0.05, 0) is 0 Å². The molecule has 119 valence electrons. The Balaban J connectivity index is -0.000000209. The van der Waals surface area contributed by atoms with E-state index in [1.54, 1.807) is 0 Å². The van der Waals surface area contributed by atoms with E-state index in [-0.39, 0.29) is 22.4 Å². The summed E-state index contributed by atoms with van der Waals surface area (Å²) in [6.45, 7) is 14.9. The molecule has 4 heteroatoms. The summed E-state index contributed by atoms with van der Waals surface area (Å²) in [6.07, 6.45) is 0. The maximum absolute atomic E-state index is 8.24. The van der Waals surface area contributed by atoms with Crippen molar-refractivity contribution in [1.82, 2.24) is 0 Å². The molecular formula is C17H18NbO2Si-12. The fourth-order valence-electron chi connectivity index (χ4n) is 0.562. The Kier molecular flexibility index (Phi) is 18.5. The van der Waals surface area contributed by atoms with Crippen molar-refractivity contribution in [3.8, 4) is 0 Å². The third-order valence-corrected chi connectivity index (χ3v) is 1.12. The summed E-state index contributed by atoms with van der Waals surface area (Å²) in [4.78, 5) is 8.24. The van der Waals surface area contributed by atoms with Crippen LogP contribution in [0.15, 0.2) is 0 Å². The second kappa shape index (κ2) is 15.5. The standard InChI is InChI=1S/2C6H3.C4H11Si.CHO2.Nb/c2*1-6-4-2-3-5-6;1-5(2,3)4;2-1-3;/h2*1H3;1H2,2-4H3;(H,2,3);/q2*-5;2*-1;. The van der Waals surface area contributed by atoms with E-state index in [1.165, 1.54) is 0 Å². The quantitative estimate of drug-likeness (QED) is 0.568. The van der Waals surface area contributed by atoms with Crippen molar-refractivity contribution in [3.05, 3.63) is 66.2 Å². The van der Waals surface area contributed by atoms with Crippen LogP contribution in [0.2, 0.25) is 19.6 Å². The summed E-state index contributed by atoms with van der Waals surface area (Å²) >= 11 is 0. The van der Waals surface area contributed by atoms with Crippen LogP contribution in [0.4, 0.5) is 0 Å². The first kappa shape index (κ1) is 25.1. The maximum Gasteiger partial charge on any atom is 0 e. The first-order valence-corrected chi connectivity index (χ1v) is 9.49. The van der Waals surface area contributed by atoms with Gasteiger partial charge in [-0.1, -0.05) is 26.1 Å². The molecule has 0 bridgehead atoms. The number of rotatable bonds is 0. The van der Waals surface area contributed by atoms with Gasteiger partial charge in [0.25, 0.3) is 0 Å². The Morgan fingerprint density at radius 3 is 1.10 bits per heavy atom. The molecule has 2 aromatic rings. The predicted molar refractivity (Wildman–Crippen MR) is 81.3 cm³/mol. The number of aliphatic hydroxyl groups excluding tert-OH is 1. The summed E-state index contributed by atoms with van der Waals surface area (Å²) in [7, 11) is -0.861. The molecule has 2 nitrogen and oxygen atoms in total. The third-order valence-electron chi connectivity index (χ3n) is 1.12. The molecule has 1 radical (unpaired) electrons. The topological polar surface area (TPSA) is 37.3 Å². The van der Waals surface area contributed by atoms with E-state index in [9.17, 15) is 0 Å².